The number of benzene rings is 1. The number of azo groups is 1. The van der Waals surface area contributed by atoms with Crippen LogP contribution in [0.4, 0.5) is 0 Å². The summed E-state index contributed by atoms with van der Waals surface area (Å²) in [5.74, 6) is -0.986. The van der Waals surface area contributed by atoms with E-state index in [9.17, 15) is 9.90 Å². The molecule has 1 aromatic rings. The van der Waals surface area contributed by atoms with Crippen molar-refractivity contribution in [1.82, 2.24) is 0 Å². The first-order valence-electron chi connectivity index (χ1n) is 3.97. The number of aliphatic hydroxyl groups excluding tert-OH is 1. The molecular formula is C9H8N2O2. The second kappa shape index (κ2) is 3.06. The second-order valence-electron chi connectivity index (χ2n) is 2.86. The number of amides is 1. The zero-order valence-corrected chi connectivity index (χ0v) is 6.79. The first-order chi connectivity index (χ1) is 6.29. The maximum Gasteiger partial charge on any atom is 0.276 e. The molecule has 2 unspecified atom stereocenters. The van der Waals surface area contributed by atoms with Gasteiger partial charge < -0.3 is 5.11 Å². The summed E-state index contributed by atoms with van der Waals surface area (Å²) in [6, 6.07) is 9.04. The number of nitrogens with zero attached hydrogens (tertiary/aromatic N) is 2. The lowest BCUT2D eigenvalue weighted by Crippen LogP contribution is -2.17. The van der Waals surface area contributed by atoms with Crippen LogP contribution in [-0.2, 0) is 4.79 Å². The molecule has 2 rings (SSSR count). The lowest BCUT2D eigenvalue weighted by atomic mass is 9.98. The van der Waals surface area contributed by atoms with E-state index in [2.05, 4.69) is 10.2 Å². The van der Waals surface area contributed by atoms with E-state index in [1.54, 1.807) is 12.1 Å². The van der Waals surface area contributed by atoms with Crippen molar-refractivity contribution >= 4 is 5.91 Å². The largest absolute Gasteiger partial charge is 0.369 e. The first-order valence-corrected chi connectivity index (χ1v) is 3.97. The van der Waals surface area contributed by atoms with Gasteiger partial charge in [-0.15, -0.1) is 5.11 Å². The topological polar surface area (TPSA) is 62.0 Å². The fourth-order valence-electron chi connectivity index (χ4n) is 1.35. The van der Waals surface area contributed by atoms with E-state index in [1.807, 2.05) is 18.2 Å². The molecule has 0 saturated heterocycles. The van der Waals surface area contributed by atoms with E-state index < -0.39 is 12.1 Å². The average molecular weight is 176 g/mol. The number of hydrogen-bond donors (Lipinski definition) is 1. The van der Waals surface area contributed by atoms with Gasteiger partial charge in [0.25, 0.3) is 5.91 Å². The zero-order valence-electron chi connectivity index (χ0n) is 6.79. The summed E-state index contributed by atoms with van der Waals surface area (Å²) in [7, 11) is 0. The van der Waals surface area contributed by atoms with Gasteiger partial charge in [-0.25, -0.2) is 0 Å². The summed E-state index contributed by atoms with van der Waals surface area (Å²) < 4.78 is 0. The summed E-state index contributed by atoms with van der Waals surface area (Å²) >= 11 is 0. The van der Waals surface area contributed by atoms with E-state index in [0.717, 1.165) is 5.56 Å². The fourth-order valence-corrected chi connectivity index (χ4v) is 1.35. The third-order valence-electron chi connectivity index (χ3n) is 2.00. The van der Waals surface area contributed by atoms with Crippen LogP contribution >= 0.6 is 0 Å². The Balaban J connectivity index is 2.33. The number of aliphatic hydroxyl groups is 1. The van der Waals surface area contributed by atoms with E-state index in [1.165, 1.54) is 0 Å². The van der Waals surface area contributed by atoms with Crippen molar-refractivity contribution in [3.63, 3.8) is 0 Å². The van der Waals surface area contributed by atoms with Gasteiger partial charge in [-0.2, -0.15) is 5.11 Å². The van der Waals surface area contributed by atoms with Gasteiger partial charge >= 0.3 is 0 Å². The van der Waals surface area contributed by atoms with Crippen molar-refractivity contribution in [1.29, 1.82) is 0 Å². The molecule has 0 aromatic heterocycles. The highest BCUT2D eigenvalue weighted by molar-refractivity contribution is 5.86. The summed E-state index contributed by atoms with van der Waals surface area (Å²) in [5, 5.41) is 16.0. The van der Waals surface area contributed by atoms with Crippen LogP contribution < -0.4 is 0 Å². The molecule has 0 fully saturated rings. The Morgan fingerprint density at radius 1 is 1.23 bits per heavy atom. The highest BCUT2D eigenvalue weighted by Crippen LogP contribution is 2.26. The molecular weight excluding hydrogens is 168 g/mol. The predicted molar refractivity (Wildman–Crippen MR) is 45.1 cm³/mol. The van der Waals surface area contributed by atoms with E-state index in [4.69, 9.17) is 0 Å². The molecule has 1 heterocycles. The molecule has 4 heteroatoms. The SMILES string of the molecule is O=C1N=NC(O)C1c1ccccc1. The van der Waals surface area contributed by atoms with Gasteiger partial charge in [0.2, 0.25) is 0 Å². The molecule has 1 aliphatic heterocycles. The minimum Gasteiger partial charge on any atom is -0.369 e. The molecule has 66 valence electrons. The molecule has 0 bridgehead atoms. The van der Waals surface area contributed by atoms with Gasteiger partial charge in [0, 0.05) is 0 Å². The van der Waals surface area contributed by atoms with Gasteiger partial charge in [0.1, 0.15) is 5.92 Å². The number of carbonyl (C=O) groups excluding carboxylic acids is 1. The van der Waals surface area contributed by atoms with Gasteiger partial charge in [-0.3, -0.25) is 4.79 Å². The summed E-state index contributed by atoms with van der Waals surface area (Å²) in [6.45, 7) is 0. The molecule has 1 amide bonds. The van der Waals surface area contributed by atoms with Crippen LogP contribution in [0.25, 0.3) is 0 Å². The molecule has 2 atom stereocenters. The van der Waals surface area contributed by atoms with Crippen LogP contribution in [0.2, 0.25) is 0 Å². The Kier molecular flexibility index (Phi) is 1.90. The van der Waals surface area contributed by atoms with Crippen molar-refractivity contribution in [2.45, 2.75) is 12.1 Å². The molecule has 0 spiro atoms. The zero-order chi connectivity index (χ0) is 9.26. The van der Waals surface area contributed by atoms with Crippen LogP contribution in [0.3, 0.4) is 0 Å². The summed E-state index contributed by atoms with van der Waals surface area (Å²) in [4.78, 5) is 11.2. The van der Waals surface area contributed by atoms with Crippen molar-refractivity contribution in [2.24, 2.45) is 10.2 Å². The maximum atomic E-state index is 11.2. The van der Waals surface area contributed by atoms with Gasteiger partial charge in [-0.1, -0.05) is 30.3 Å². The predicted octanol–water partition coefficient (Wildman–Crippen LogP) is 1.08. The van der Waals surface area contributed by atoms with Gasteiger partial charge in [0.05, 0.1) is 0 Å². The molecule has 0 aliphatic carbocycles. The first kappa shape index (κ1) is 8.07. The summed E-state index contributed by atoms with van der Waals surface area (Å²) in [6.07, 6.45) is -1.02. The van der Waals surface area contributed by atoms with Crippen LogP contribution in [0.1, 0.15) is 11.5 Å². The third kappa shape index (κ3) is 1.36. The lowest BCUT2D eigenvalue weighted by Gasteiger charge is -2.08. The smallest absolute Gasteiger partial charge is 0.276 e. The number of rotatable bonds is 1. The number of hydrogen-bond acceptors (Lipinski definition) is 3. The lowest BCUT2D eigenvalue weighted by molar-refractivity contribution is -0.119. The highest BCUT2D eigenvalue weighted by atomic mass is 16.3. The van der Waals surface area contributed by atoms with Gasteiger partial charge in [0.15, 0.2) is 6.23 Å². The minimum atomic E-state index is -1.02. The molecule has 1 aliphatic rings. The Hall–Kier alpha value is -1.55. The van der Waals surface area contributed by atoms with E-state index in [-0.39, 0.29) is 5.91 Å². The standard InChI is InChI=1S/C9H8N2O2/c12-8-7(9(13)11-10-8)6-4-2-1-3-5-6/h1-5,7-8,12H. The fraction of sp³-hybridized carbons (Fsp3) is 0.222. The third-order valence-corrected chi connectivity index (χ3v) is 2.00. The maximum absolute atomic E-state index is 11.2. The van der Waals surface area contributed by atoms with E-state index in [0.29, 0.717) is 0 Å². The Morgan fingerprint density at radius 3 is 2.46 bits per heavy atom. The van der Waals surface area contributed by atoms with Crippen molar-refractivity contribution in [3.05, 3.63) is 35.9 Å². The molecule has 13 heavy (non-hydrogen) atoms. The molecule has 0 saturated carbocycles. The minimum absolute atomic E-state index is 0.376. The van der Waals surface area contributed by atoms with Crippen LogP contribution in [0.5, 0.6) is 0 Å². The Labute approximate surface area is 74.9 Å². The van der Waals surface area contributed by atoms with Crippen molar-refractivity contribution in [2.75, 3.05) is 0 Å². The van der Waals surface area contributed by atoms with E-state index >= 15 is 0 Å². The second-order valence-corrected chi connectivity index (χ2v) is 2.86. The number of carbonyl (C=O) groups is 1. The Morgan fingerprint density at radius 2 is 1.92 bits per heavy atom. The quantitative estimate of drug-likeness (QED) is 0.695. The van der Waals surface area contributed by atoms with Crippen molar-refractivity contribution in [3.8, 4) is 0 Å². The molecule has 1 aromatic carbocycles. The van der Waals surface area contributed by atoms with Crippen LogP contribution in [0.15, 0.2) is 40.6 Å². The normalized spacial score (nSPS) is 26.7. The average Bonchev–Trinajstić information content (AvgIpc) is 2.48. The monoisotopic (exact) mass is 176 g/mol. The highest BCUT2D eigenvalue weighted by Gasteiger charge is 2.33. The van der Waals surface area contributed by atoms with Crippen LogP contribution in [-0.4, -0.2) is 17.2 Å². The molecule has 4 nitrogen and oxygen atoms in total. The molecule has 1 N–H and O–H groups in total. The van der Waals surface area contributed by atoms with Gasteiger partial charge in [-0.05, 0) is 5.56 Å². The summed E-state index contributed by atoms with van der Waals surface area (Å²) in [5.41, 5.74) is 0.755. The van der Waals surface area contributed by atoms with Crippen LogP contribution in [0, 0.1) is 0 Å². The van der Waals surface area contributed by atoms with Crippen molar-refractivity contribution < 1.29 is 9.90 Å². The Bertz CT molecular complexity index is 348. The molecule has 0 radical (unpaired) electrons.